The van der Waals surface area contributed by atoms with E-state index in [1.165, 1.54) is 23.4 Å². The van der Waals surface area contributed by atoms with E-state index in [9.17, 15) is 0 Å². The van der Waals surface area contributed by atoms with Crippen LogP contribution in [0.25, 0.3) is 0 Å². The lowest BCUT2D eigenvalue weighted by molar-refractivity contribution is 0.791. The molecule has 0 amide bonds. The molecule has 2 rings (SSSR count). The molecule has 0 saturated carbocycles. The molecule has 1 N–H and O–H groups in total. The van der Waals surface area contributed by atoms with Gasteiger partial charge in [0.15, 0.2) is 0 Å². The zero-order valence-electron chi connectivity index (χ0n) is 6.02. The van der Waals surface area contributed by atoms with Gasteiger partial charge in [0, 0.05) is 24.6 Å². The molecule has 0 radical (unpaired) electrons. The molecule has 0 saturated heterocycles. The van der Waals surface area contributed by atoms with E-state index < -0.39 is 0 Å². The molecule has 10 heavy (non-hydrogen) atoms. The Bertz CT molecular complexity index is 255. The largest absolute Gasteiger partial charge is 0.388 e. The maximum absolute atomic E-state index is 4.23. The van der Waals surface area contributed by atoms with Crippen LogP contribution in [0, 0.1) is 0 Å². The minimum Gasteiger partial charge on any atom is -0.388 e. The smallest absolute Gasteiger partial charge is 0.0459 e. The number of pyridine rings is 1. The van der Waals surface area contributed by atoms with Crippen LogP contribution in [0.5, 0.6) is 0 Å². The fourth-order valence-corrected chi connectivity index (χ4v) is 1.33. The normalized spacial score (nSPS) is 13.7. The summed E-state index contributed by atoms with van der Waals surface area (Å²) >= 11 is 0. The second-order valence-corrected chi connectivity index (χ2v) is 2.53. The Balaban J connectivity index is 2.51. The van der Waals surface area contributed by atoms with Crippen molar-refractivity contribution < 1.29 is 0 Å². The van der Waals surface area contributed by atoms with Crippen LogP contribution in [-0.4, -0.2) is 12.0 Å². The van der Waals surface area contributed by atoms with Crippen LogP contribution in [0.1, 0.15) is 11.3 Å². The van der Waals surface area contributed by atoms with E-state index in [1.807, 2.05) is 19.3 Å². The Hall–Kier alpha value is -1.05. The van der Waals surface area contributed by atoms with Gasteiger partial charge in [-0.1, -0.05) is 0 Å². The van der Waals surface area contributed by atoms with Crippen molar-refractivity contribution in [1.82, 2.24) is 4.98 Å². The topological polar surface area (TPSA) is 24.9 Å². The maximum atomic E-state index is 4.23. The zero-order valence-corrected chi connectivity index (χ0v) is 6.02. The van der Waals surface area contributed by atoms with Crippen LogP contribution in [-0.2, 0) is 12.8 Å². The second kappa shape index (κ2) is 1.97. The first-order chi connectivity index (χ1) is 4.92. The Kier molecular flexibility index (Phi) is 1.13. The van der Waals surface area contributed by atoms with Gasteiger partial charge in [-0.15, -0.1) is 0 Å². The fraction of sp³-hybridized carbons (Fsp3) is 0.375. The quantitative estimate of drug-likeness (QED) is 0.624. The first-order valence-corrected chi connectivity index (χ1v) is 3.56. The summed E-state index contributed by atoms with van der Waals surface area (Å²) in [5.74, 6) is 0. The molecule has 0 unspecified atom stereocenters. The lowest BCUT2D eigenvalue weighted by Crippen LogP contribution is -2.13. The summed E-state index contributed by atoms with van der Waals surface area (Å²) in [5.41, 5.74) is 3.92. The standard InChI is InChI=1S/C8H10N2/c1-9-7-4-5-10-8-3-2-6(7)8/h4-5H,2-3H2,1H3,(H,9,10). The lowest BCUT2D eigenvalue weighted by atomic mass is 9.92. The molecule has 1 aliphatic rings. The van der Waals surface area contributed by atoms with Gasteiger partial charge in [-0.3, -0.25) is 4.98 Å². The molecule has 0 aliphatic heterocycles. The number of fused-ring (bicyclic) bond motifs is 1. The molecule has 2 heteroatoms. The van der Waals surface area contributed by atoms with Crippen molar-refractivity contribution in [3.63, 3.8) is 0 Å². The minimum atomic E-state index is 1.16. The summed E-state index contributed by atoms with van der Waals surface area (Å²) in [5, 5.41) is 3.15. The third-order valence-corrected chi connectivity index (χ3v) is 2.03. The number of hydrogen-bond donors (Lipinski definition) is 1. The van der Waals surface area contributed by atoms with Crippen molar-refractivity contribution in [2.45, 2.75) is 12.8 Å². The van der Waals surface area contributed by atoms with Gasteiger partial charge in [0.05, 0.1) is 0 Å². The molecule has 2 nitrogen and oxygen atoms in total. The van der Waals surface area contributed by atoms with Crippen molar-refractivity contribution in [2.24, 2.45) is 0 Å². The molecule has 1 aromatic heterocycles. The molecule has 0 aromatic carbocycles. The number of nitrogens with one attached hydrogen (secondary N) is 1. The highest BCUT2D eigenvalue weighted by atomic mass is 14.8. The van der Waals surface area contributed by atoms with Crippen molar-refractivity contribution in [3.8, 4) is 0 Å². The molecule has 0 bridgehead atoms. The van der Waals surface area contributed by atoms with Crippen molar-refractivity contribution >= 4 is 5.69 Å². The van der Waals surface area contributed by atoms with Crippen LogP contribution < -0.4 is 5.32 Å². The van der Waals surface area contributed by atoms with E-state index in [-0.39, 0.29) is 0 Å². The van der Waals surface area contributed by atoms with Gasteiger partial charge in [0.1, 0.15) is 0 Å². The molecular formula is C8H10N2. The number of anilines is 1. The monoisotopic (exact) mass is 134 g/mol. The van der Waals surface area contributed by atoms with Crippen molar-refractivity contribution in [1.29, 1.82) is 0 Å². The number of rotatable bonds is 1. The van der Waals surface area contributed by atoms with E-state index >= 15 is 0 Å². The first kappa shape index (κ1) is 5.71. The Morgan fingerprint density at radius 2 is 2.40 bits per heavy atom. The average Bonchev–Trinajstić information content (AvgIpc) is 1.91. The number of nitrogens with zero attached hydrogens (tertiary/aromatic N) is 1. The first-order valence-electron chi connectivity index (χ1n) is 3.56. The van der Waals surface area contributed by atoms with Gasteiger partial charge < -0.3 is 5.32 Å². The number of aryl methyl sites for hydroxylation is 1. The van der Waals surface area contributed by atoms with Gasteiger partial charge in [-0.25, -0.2) is 0 Å². The highest BCUT2D eigenvalue weighted by Gasteiger charge is 2.16. The predicted octanol–water partition coefficient (Wildman–Crippen LogP) is 1.22. The predicted molar refractivity (Wildman–Crippen MR) is 41.2 cm³/mol. The Morgan fingerprint density at radius 1 is 1.50 bits per heavy atom. The van der Waals surface area contributed by atoms with E-state index in [0.717, 1.165) is 6.42 Å². The van der Waals surface area contributed by atoms with Gasteiger partial charge in [0.25, 0.3) is 0 Å². The molecule has 1 heterocycles. The third kappa shape index (κ3) is 0.618. The molecule has 0 atom stereocenters. The molecule has 0 fully saturated rings. The molecule has 0 spiro atoms. The fourth-order valence-electron chi connectivity index (χ4n) is 1.33. The number of hydrogen-bond acceptors (Lipinski definition) is 2. The third-order valence-electron chi connectivity index (χ3n) is 2.03. The summed E-state index contributed by atoms with van der Waals surface area (Å²) in [6.07, 6.45) is 4.22. The van der Waals surface area contributed by atoms with Gasteiger partial charge in [-0.05, 0) is 24.5 Å². The van der Waals surface area contributed by atoms with Crippen LogP contribution in [0.3, 0.4) is 0 Å². The maximum Gasteiger partial charge on any atom is 0.0459 e. The Morgan fingerprint density at radius 3 is 2.90 bits per heavy atom. The highest BCUT2D eigenvalue weighted by Crippen LogP contribution is 2.27. The molecule has 52 valence electrons. The molecule has 1 aliphatic carbocycles. The van der Waals surface area contributed by atoms with Gasteiger partial charge in [-0.2, -0.15) is 0 Å². The summed E-state index contributed by atoms with van der Waals surface area (Å²) in [4.78, 5) is 4.23. The van der Waals surface area contributed by atoms with Crippen LogP contribution >= 0.6 is 0 Å². The lowest BCUT2D eigenvalue weighted by Gasteiger charge is -2.20. The van der Waals surface area contributed by atoms with Crippen LogP contribution in [0.4, 0.5) is 5.69 Å². The van der Waals surface area contributed by atoms with E-state index in [1.54, 1.807) is 0 Å². The second-order valence-electron chi connectivity index (χ2n) is 2.53. The van der Waals surface area contributed by atoms with Crippen molar-refractivity contribution in [3.05, 3.63) is 23.5 Å². The average molecular weight is 134 g/mol. The van der Waals surface area contributed by atoms with E-state index in [2.05, 4.69) is 10.3 Å². The summed E-state index contributed by atoms with van der Waals surface area (Å²) < 4.78 is 0. The van der Waals surface area contributed by atoms with E-state index in [4.69, 9.17) is 0 Å². The summed E-state index contributed by atoms with van der Waals surface area (Å²) in [7, 11) is 1.95. The molecule has 1 aromatic rings. The van der Waals surface area contributed by atoms with Crippen molar-refractivity contribution in [2.75, 3.05) is 12.4 Å². The van der Waals surface area contributed by atoms with Crippen LogP contribution in [0.15, 0.2) is 12.3 Å². The van der Waals surface area contributed by atoms with Gasteiger partial charge >= 0.3 is 0 Å². The number of aromatic nitrogens is 1. The summed E-state index contributed by atoms with van der Waals surface area (Å²) in [6.45, 7) is 0. The van der Waals surface area contributed by atoms with Gasteiger partial charge in [0.2, 0.25) is 0 Å². The van der Waals surface area contributed by atoms with Crippen LogP contribution in [0.2, 0.25) is 0 Å². The molecular weight excluding hydrogens is 124 g/mol. The van der Waals surface area contributed by atoms with E-state index in [0.29, 0.717) is 0 Å². The Labute approximate surface area is 60.3 Å². The summed E-state index contributed by atoms with van der Waals surface area (Å²) in [6, 6.07) is 2.03. The zero-order chi connectivity index (χ0) is 6.97. The highest BCUT2D eigenvalue weighted by molar-refractivity contribution is 5.55. The minimum absolute atomic E-state index is 1.16. The SMILES string of the molecule is CNc1ccnc2c1CC2.